The number of sulfonamides is 1. The minimum Gasteiger partial charge on any atom is -0.348 e. The fraction of sp³-hybridized carbons (Fsp3) is 0.667. The third-order valence-corrected chi connectivity index (χ3v) is 6.72. The van der Waals surface area contributed by atoms with Crippen LogP contribution in [0.25, 0.3) is 0 Å². The van der Waals surface area contributed by atoms with Gasteiger partial charge in [-0.2, -0.15) is 0 Å². The molecule has 1 saturated carbocycles. The van der Waals surface area contributed by atoms with Crippen molar-refractivity contribution in [3.8, 4) is 0 Å². The molecule has 3 amide bonds. The number of thiophene rings is 1. The number of likely N-dealkylation sites (tertiary alicyclic amines) is 1. The Morgan fingerprint density at radius 1 is 1.04 bits per heavy atom. The highest BCUT2D eigenvalue weighted by molar-refractivity contribution is 7.92. The van der Waals surface area contributed by atoms with Crippen LogP contribution in [0.1, 0.15) is 54.6 Å². The summed E-state index contributed by atoms with van der Waals surface area (Å²) in [6, 6.07) is 1.84. The van der Waals surface area contributed by atoms with Gasteiger partial charge in [0, 0.05) is 25.2 Å². The number of piperidine rings is 1. The van der Waals surface area contributed by atoms with Crippen LogP contribution in [-0.4, -0.2) is 56.7 Å². The summed E-state index contributed by atoms with van der Waals surface area (Å²) < 4.78 is 25.2. The van der Waals surface area contributed by atoms with Gasteiger partial charge >= 0.3 is 6.03 Å². The number of nitrogens with zero attached hydrogens (tertiary/aromatic N) is 1. The maximum absolute atomic E-state index is 12.5. The minimum atomic E-state index is -3.44. The zero-order valence-corrected chi connectivity index (χ0v) is 17.7. The first-order valence-corrected chi connectivity index (χ1v) is 12.5. The molecule has 1 aliphatic heterocycles. The summed E-state index contributed by atoms with van der Waals surface area (Å²) in [5, 5.41) is 7.78. The average Bonchev–Trinajstić information content (AvgIpc) is 3.09. The molecule has 0 aromatic carbocycles. The van der Waals surface area contributed by atoms with E-state index in [1.165, 1.54) is 30.6 Å². The average molecular weight is 429 g/mol. The molecule has 1 saturated heterocycles. The van der Waals surface area contributed by atoms with Crippen molar-refractivity contribution in [3.05, 3.63) is 16.3 Å². The number of carbonyl (C=O) groups is 2. The highest BCUT2D eigenvalue weighted by Gasteiger charge is 2.27. The van der Waals surface area contributed by atoms with Gasteiger partial charge in [0.25, 0.3) is 5.91 Å². The van der Waals surface area contributed by atoms with Crippen LogP contribution in [-0.2, 0) is 10.0 Å². The van der Waals surface area contributed by atoms with Gasteiger partial charge in [0.15, 0.2) is 0 Å². The minimum absolute atomic E-state index is 0.00503. The lowest BCUT2D eigenvalue weighted by molar-refractivity contribution is 0.0922. The van der Waals surface area contributed by atoms with Gasteiger partial charge in [-0.25, -0.2) is 13.2 Å². The SMILES string of the molecule is CS(=O)(=O)Nc1ccsc1C(=O)NC1CCN(C(=O)NC2CCCCC2)CC1. The fourth-order valence-electron chi connectivity index (χ4n) is 3.76. The molecular formula is C18H28N4O4S2. The molecule has 8 nitrogen and oxygen atoms in total. The molecule has 3 rings (SSSR count). The Morgan fingerprint density at radius 3 is 2.32 bits per heavy atom. The summed E-state index contributed by atoms with van der Waals surface area (Å²) in [6.07, 6.45) is 8.15. The second-order valence-electron chi connectivity index (χ2n) is 7.56. The highest BCUT2D eigenvalue weighted by atomic mass is 32.2. The third kappa shape index (κ3) is 5.84. The molecule has 10 heteroatoms. The number of rotatable bonds is 5. The number of carbonyl (C=O) groups excluding carboxylic acids is 2. The van der Waals surface area contributed by atoms with Gasteiger partial charge in [0.1, 0.15) is 4.88 Å². The van der Waals surface area contributed by atoms with E-state index in [0.29, 0.717) is 42.5 Å². The highest BCUT2D eigenvalue weighted by Crippen LogP contribution is 2.24. The van der Waals surface area contributed by atoms with Crippen molar-refractivity contribution in [1.29, 1.82) is 0 Å². The quantitative estimate of drug-likeness (QED) is 0.669. The largest absolute Gasteiger partial charge is 0.348 e. The maximum atomic E-state index is 12.5. The molecule has 0 radical (unpaired) electrons. The number of urea groups is 1. The van der Waals surface area contributed by atoms with Crippen LogP contribution in [0.5, 0.6) is 0 Å². The predicted molar refractivity (Wildman–Crippen MR) is 110 cm³/mol. The van der Waals surface area contributed by atoms with E-state index in [4.69, 9.17) is 0 Å². The monoisotopic (exact) mass is 428 g/mol. The summed E-state index contributed by atoms with van der Waals surface area (Å²) in [4.78, 5) is 27.1. The van der Waals surface area contributed by atoms with Gasteiger partial charge in [-0.3, -0.25) is 9.52 Å². The van der Waals surface area contributed by atoms with E-state index < -0.39 is 10.0 Å². The van der Waals surface area contributed by atoms with Crippen LogP contribution in [0.3, 0.4) is 0 Å². The Labute approximate surface area is 170 Å². The lowest BCUT2D eigenvalue weighted by atomic mass is 9.95. The lowest BCUT2D eigenvalue weighted by Gasteiger charge is -2.34. The van der Waals surface area contributed by atoms with E-state index in [2.05, 4.69) is 15.4 Å². The molecule has 1 aromatic rings. The zero-order valence-electron chi connectivity index (χ0n) is 16.1. The van der Waals surface area contributed by atoms with E-state index in [-0.39, 0.29) is 18.0 Å². The molecule has 0 atom stereocenters. The Hall–Kier alpha value is -1.81. The lowest BCUT2D eigenvalue weighted by Crippen LogP contribution is -2.51. The molecule has 0 spiro atoms. The van der Waals surface area contributed by atoms with Crippen molar-refractivity contribution in [1.82, 2.24) is 15.5 Å². The molecule has 1 aromatic heterocycles. The molecule has 1 aliphatic carbocycles. The van der Waals surface area contributed by atoms with Gasteiger partial charge in [-0.15, -0.1) is 11.3 Å². The third-order valence-electron chi connectivity index (χ3n) is 5.22. The molecule has 2 aliphatic rings. The molecule has 28 heavy (non-hydrogen) atoms. The number of amides is 3. The zero-order chi connectivity index (χ0) is 20.1. The van der Waals surface area contributed by atoms with Crippen molar-refractivity contribution >= 4 is 39.0 Å². The molecule has 2 fully saturated rings. The van der Waals surface area contributed by atoms with Gasteiger partial charge in [0.05, 0.1) is 11.9 Å². The summed E-state index contributed by atoms with van der Waals surface area (Å²) in [7, 11) is -3.44. The molecule has 2 heterocycles. The van der Waals surface area contributed by atoms with Crippen LogP contribution in [0.15, 0.2) is 11.4 Å². The second-order valence-corrected chi connectivity index (χ2v) is 10.2. The first-order chi connectivity index (χ1) is 13.3. The number of nitrogens with one attached hydrogen (secondary N) is 3. The summed E-state index contributed by atoms with van der Waals surface area (Å²) >= 11 is 1.20. The van der Waals surface area contributed by atoms with Crippen molar-refractivity contribution < 1.29 is 18.0 Å². The number of hydrogen-bond donors (Lipinski definition) is 3. The van der Waals surface area contributed by atoms with E-state index in [1.807, 2.05) is 4.90 Å². The van der Waals surface area contributed by atoms with Gasteiger partial charge in [0.2, 0.25) is 10.0 Å². The smallest absolute Gasteiger partial charge is 0.317 e. The van der Waals surface area contributed by atoms with E-state index in [0.717, 1.165) is 19.1 Å². The van der Waals surface area contributed by atoms with Crippen LogP contribution in [0.2, 0.25) is 0 Å². The molecule has 3 N–H and O–H groups in total. The summed E-state index contributed by atoms with van der Waals surface area (Å²) in [6.45, 7) is 1.20. The summed E-state index contributed by atoms with van der Waals surface area (Å²) in [5.41, 5.74) is 0.300. The van der Waals surface area contributed by atoms with Gasteiger partial charge < -0.3 is 15.5 Å². The topological polar surface area (TPSA) is 108 Å². The molecular weight excluding hydrogens is 400 g/mol. The Kier molecular flexibility index (Phi) is 6.82. The normalized spacial score (nSPS) is 19.2. The van der Waals surface area contributed by atoms with Crippen molar-refractivity contribution in [2.24, 2.45) is 0 Å². The van der Waals surface area contributed by atoms with Crippen molar-refractivity contribution in [2.75, 3.05) is 24.1 Å². The fourth-order valence-corrected chi connectivity index (χ4v) is 5.14. The predicted octanol–water partition coefficient (Wildman–Crippen LogP) is 2.36. The molecule has 0 unspecified atom stereocenters. The molecule has 0 bridgehead atoms. The Morgan fingerprint density at radius 2 is 1.68 bits per heavy atom. The van der Waals surface area contributed by atoms with Crippen LogP contribution in [0.4, 0.5) is 10.5 Å². The van der Waals surface area contributed by atoms with Gasteiger partial charge in [-0.1, -0.05) is 19.3 Å². The number of anilines is 1. The number of hydrogen-bond acceptors (Lipinski definition) is 5. The van der Waals surface area contributed by atoms with Crippen LogP contribution >= 0.6 is 11.3 Å². The van der Waals surface area contributed by atoms with E-state index in [9.17, 15) is 18.0 Å². The maximum Gasteiger partial charge on any atom is 0.317 e. The van der Waals surface area contributed by atoms with Crippen LogP contribution in [0, 0.1) is 0 Å². The van der Waals surface area contributed by atoms with E-state index in [1.54, 1.807) is 11.4 Å². The summed E-state index contributed by atoms with van der Waals surface area (Å²) in [5.74, 6) is -0.286. The standard InChI is InChI=1S/C18H28N4O4S2/c1-28(25,26)21-15-9-12-27-16(15)17(23)19-14-7-10-22(11-8-14)18(24)20-13-5-3-2-4-6-13/h9,12-14,21H,2-8,10-11H2,1H3,(H,19,23)(H,20,24). The van der Waals surface area contributed by atoms with Crippen molar-refractivity contribution in [3.63, 3.8) is 0 Å². The van der Waals surface area contributed by atoms with Crippen molar-refractivity contribution in [2.45, 2.75) is 57.0 Å². The van der Waals surface area contributed by atoms with Gasteiger partial charge in [-0.05, 0) is 37.1 Å². The second kappa shape index (κ2) is 9.13. The molecule has 156 valence electrons. The first kappa shape index (κ1) is 20.9. The Bertz CT molecular complexity index is 794. The first-order valence-electron chi connectivity index (χ1n) is 9.73. The van der Waals surface area contributed by atoms with Crippen LogP contribution < -0.4 is 15.4 Å². The van der Waals surface area contributed by atoms with E-state index >= 15 is 0 Å². The Balaban J connectivity index is 1.47.